The third-order valence-electron chi connectivity index (χ3n) is 2.34. The first-order chi connectivity index (χ1) is 9.68. The standard InChI is InChI=1S/C11H11ClN4O4S/c12-8-2-1-7(4-13)3-9(8)21(19,20)16(5-10(14)17)6-11(15)18/h1-3H,5-6H2,(H2,14,17)(H2,15,18). The zero-order valence-electron chi connectivity index (χ0n) is 10.6. The number of primary amides is 2. The van der Waals surface area contributed by atoms with Gasteiger partial charge in [-0.15, -0.1) is 0 Å². The lowest BCUT2D eigenvalue weighted by molar-refractivity contribution is -0.120. The second kappa shape index (κ2) is 6.53. The van der Waals surface area contributed by atoms with Gasteiger partial charge in [0, 0.05) is 0 Å². The molecule has 8 nitrogen and oxygen atoms in total. The zero-order valence-corrected chi connectivity index (χ0v) is 12.2. The smallest absolute Gasteiger partial charge is 0.245 e. The van der Waals surface area contributed by atoms with Gasteiger partial charge in [0.1, 0.15) is 4.90 Å². The largest absolute Gasteiger partial charge is 0.369 e. The maximum atomic E-state index is 12.4. The molecule has 0 saturated heterocycles. The van der Waals surface area contributed by atoms with Crippen molar-refractivity contribution >= 4 is 33.4 Å². The number of nitrogens with zero attached hydrogens (tertiary/aromatic N) is 2. The van der Waals surface area contributed by atoms with Crippen molar-refractivity contribution in [2.24, 2.45) is 11.5 Å². The first-order valence-electron chi connectivity index (χ1n) is 5.45. The van der Waals surface area contributed by atoms with E-state index in [2.05, 4.69) is 0 Å². The molecule has 0 aliphatic heterocycles. The van der Waals surface area contributed by atoms with E-state index in [9.17, 15) is 18.0 Å². The maximum Gasteiger partial charge on any atom is 0.245 e. The van der Waals surface area contributed by atoms with Crippen LogP contribution in [0.1, 0.15) is 5.56 Å². The molecule has 2 amide bonds. The molecule has 0 saturated carbocycles. The average Bonchev–Trinajstić information content (AvgIpc) is 2.37. The highest BCUT2D eigenvalue weighted by molar-refractivity contribution is 7.89. The van der Waals surface area contributed by atoms with E-state index in [4.69, 9.17) is 28.3 Å². The van der Waals surface area contributed by atoms with Gasteiger partial charge in [-0.2, -0.15) is 9.57 Å². The summed E-state index contributed by atoms with van der Waals surface area (Å²) in [6, 6.07) is 5.35. The quantitative estimate of drug-likeness (QED) is 0.698. The van der Waals surface area contributed by atoms with Crippen molar-refractivity contribution in [3.05, 3.63) is 28.8 Å². The minimum atomic E-state index is -4.31. The number of hydrogen-bond donors (Lipinski definition) is 2. The van der Waals surface area contributed by atoms with Crippen molar-refractivity contribution < 1.29 is 18.0 Å². The topological polar surface area (TPSA) is 147 Å². The van der Waals surface area contributed by atoms with Crippen molar-refractivity contribution in [1.82, 2.24) is 4.31 Å². The molecule has 1 rings (SSSR count). The zero-order chi connectivity index (χ0) is 16.2. The monoisotopic (exact) mass is 330 g/mol. The molecule has 0 aromatic heterocycles. The van der Waals surface area contributed by atoms with Crippen molar-refractivity contribution in [2.45, 2.75) is 4.90 Å². The second-order valence-electron chi connectivity index (χ2n) is 3.96. The van der Waals surface area contributed by atoms with Crippen LogP contribution >= 0.6 is 11.6 Å². The molecule has 0 spiro atoms. The third kappa shape index (κ3) is 4.16. The van der Waals surface area contributed by atoms with E-state index < -0.39 is 39.8 Å². The van der Waals surface area contributed by atoms with Gasteiger partial charge < -0.3 is 11.5 Å². The summed E-state index contributed by atoms with van der Waals surface area (Å²) in [6.07, 6.45) is 0. The number of sulfonamides is 1. The summed E-state index contributed by atoms with van der Waals surface area (Å²) < 4.78 is 25.3. The number of nitriles is 1. The van der Waals surface area contributed by atoms with Crippen LogP contribution in [0.15, 0.2) is 23.1 Å². The van der Waals surface area contributed by atoms with E-state index in [-0.39, 0.29) is 10.6 Å². The van der Waals surface area contributed by atoms with E-state index in [1.54, 1.807) is 6.07 Å². The number of amides is 2. The Hall–Kier alpha value is -2.15. The van der Waals surface area contributed by atoms with Crippen LogP contribution < -0.4 is 11.5 Å². The number of halogens is 1. The van der Waals surface area contributed by atoms with Gasteiger partial charge >= 0.3 is 0 Å². The maximum absolute atomic E-state index is 12.4. The summed E-state index contributed by atoms with van der Waals surface area (Å²) in [6.45, 7) is -1.48. The van der Waals surface area contributed by atoms with Gasteiger partial charge in [0.05, 0.1) is 29.7 Å². The van der Waals surface area contributed by atoms with Crippen LogP contribution in [0.4, 0.5) is 0 Å². The Labute approximate surface area is 125 Å². The fraction of sp³-hybridized carbons (Fsp3) is 0.182. The van der Waals surface area contributed by atoms with Gasteiger partial charge in [-0.25, -0.2) is 8.42 Å². The summed E-state index contributed by atoms with van der Waals surface area (Å²) in [4.78, 5) is 21.5. The number of carbonyl (C=O) groups is 2. The van der Waals surface area contributed by atoms with Crippen LogP contribution in [0, 0.1) is 11.3 Å². The van der Waals surface area contributed by atoms with E-state index in [1.165, 1.54) is 12.1 Å². The first kappa shape index (κ1) is 16.9. The van der Waals surface area contributed by atoms with Crippen LogP contribution in [-0.2, 0) is 19.6 Å². The number of rotatable bonds is 6. The summed E-state index contributed by atoms with van der Waals surface area (Å²) in [5, 5.41) is 8.64. The number of carbonyl (C=O) groups excluding carboxylic acids is 2. The highest BCUT2D eigenvalue weighted by Gasteiger charge is 2.29. The van der Waals surface area contributed by atoms with Gasteiger partial charge in [0.25, 0.3) is 0 Å². The molecule has 0 atom stereocenters. The number of hydrogen-bond acceptors (Lipinski definition) is 5. The highest BCUT2D eigenvalue weighted by atomic mass is 35.5. The third-order valence-corrected chi connectivity index (χ3v) is 4.62. The Morgan fingerprint density at radius 1 is 1.24 bits per heavy atom. The van der Waals surface area contributed by atoms with Crippen molar-refractivity contribution in [1.29, 1.82) is 5.26 Å². The molecular weight excluding hydrogens is 320 g/mol. The summed E-state index contributed by atoms with van der Waals surface area (Å²) in [7, 11) is -4.31. The molecule has 0 bridgehead atoms. The molecule has 21 heavy (non-hydrogen) atoms. The number of benzene rings is 1. The summed E-state index contributed by atoms with van der Waals surface area (Å²) in [5.74, 6) is -1.93. The Bertz CT molecular complexity index is 710. The first-order valence-corrected chi connectivity index (χ1v) is 7.26. The van der Waals surface area contributed by atoms with Crippen molar-refractivity contribution in [3.8, 4) is 6.07 Å². The Kier molecular flexibility index (Phi) is 5.26. The highest BCUT2D eigenvalue weighted by Crippen LogP contribution is 2.25. The fourth-order valence-electron chi connectivity index (χ4n) is 1.48. The Morgan fingerprint density at radius 3 is 2.19 bits per heavy atom. The van der Waals surface area contributed by atoms with Gasteiger partial charge in [0.15, 0.2) is 0 Å². The number of nitrogens with two attached hydrogens (primary N) is 2. The van der Waals surface area contributed by atoms with E-state index >= 15 is 0 Å². The van der Waals surface area contributed by atoms with E-state index in [1.807, 2.05) is 0 Å². The molecule has 0 aliphatic rings. The lowest BCUT2D eigenvalue weighted by Gasteiger charge is -2.19. The Morgan fingerprint density at radius 2 is 1.76 bits per heavy atom. The minimum absolute atomic E-state index is 0.0519. The van der Waals surface area contributed by atoms with Crippen LogP contribution in [0.5, 0.6) is 0 Å². The van der Waals surface area contributed by atoms with Gasteiger partial charge in [-0.3, -0.25) is 9.59 Å². The molecule has 0 heterocycles. The minimum Gasteiger partial charge on any atom is -0.369 e. The van der Waals surface area contributed by atoms with Crippen LogP contribution in [-0.4, -0.2) is 37.6 Å². The van der Waals surface area contributed by atoms with E-state index in [0.717, 1.165) is 6.07 Å². The van der Waals surface area contributed by atoms with Crippen molar-refractivity contribution in [3.63, 3.8) is 0 Å². The molecular formula is C11H11ClN4O4S. The molecule has 0 unspecified atom stereocenters. The van der Waals surface area contributed by atoms with E-state index in [0.29, 0.717) is 4.31 Å². The lowest BCUT2D eigenvalue weighted by atomic mass is 10.2. The fourth-order valence-corrected chi connectivity index (χ4v) is 3.36. The van der Waals surface area contributed by atoms with Crippen LogP contribution in [0.3, 0.4) is 0 Å². The summed E-state index contributed by atoms with van der Waals surface area (Å²) in [5.41, 5.74) is 9.96. The van der Waals surface area contributed by atoms with Gasteiger partial charge in [-0.1, -0.05) is 11.6 Å². The normalized spacial score (nSPS) is 11.1. The SMILES string of the molecule is N#Cc1ccc(Cl)c(S(=O)(=O)N(CC(N)=O)CC(N)=O)c1. The molecule has 0 radical (unpaired) electrons. The molecule has 112 valence electrons. The second-order valence-corrected chi connectivity index (χ2v) is 6.28. The molecule has 0 fully saturated rings. The van der Waals surface area contributed by atoms with Crippen LogP contribution in [0.25, 0.3) is 0 Å². The lowest BCUT2D eigenvalue weighted by Crippen LogP contribution is -2.43. The molecule has 10 heteroatoms. The van der Waals surface area contributed by atoms with Crippen LogP contribution in [0.2, 0.25) is 5.02 Å². The molecule has 1 aromatic rings. The molecule has 1 aromatic carbocycles. The van der Waals surface area contributed by atoms with Gasteiger partial charge in [-0.05, 0) is 18.2 Å². The predicted octanol–water partition coefficient (Wildman–Crippen LogP) is -0.827. The molecule has 0 aliphatic carbocycles. The van der Waals surface area contributed by atoms with Crippen molar-refractivity contribution in [2.75, 3.05) is 13.1 Å². The van der Waals surface area contributed by atoms with Gasteiger partial charge in [0.2, 0.25) is 21.8 Å². The predicted molar refractivity (Wildman–Crippen MR) is 73.3 cm³/mol. The Balaban J connectivity index is 3.38. The average molecular weight is 331 g/mol. The molecule has 4 N–H and O–H groups in total. The summed E-state index contributed by atoms with van der Waals surface area (Å²) >= 11 is 5.81.